The monoisotopic (exact) mass is 424 g/mol. The summed E-state index contributed by atoms with van der Waals surface area (Å²) in [6, 6.07) is 6.60. The van der Waals surface area contributed by atoms with Crippen molar-refractivity contribution in [2.45, 2.75) is 52.5 Å². The summed E-state index contributed by atoms with van der Waals surface area (Å²) in [4.78, 5) is 43.8. The van der Waals surface area contributed by atoms with Crippen molar-refractivity contribution in [3.8, 4) is 11.4 Å². The fourth-order valence-corrected chi connectivity index (χ4v) is 5.20. The summed E-state index contributed by atoms with van der Waals surface area (Å²) in [6.07, 6.45) is 2.17. The summed E-state index contributed by atoms with van der Waals surface area (Å²) in [5, 5.41) is 12.6. The number of anilines is 1. The van der Waals surface area contributed by atoms with Crippen LogP contribution in [0.1, 0.15) is 45.9 Å². The zero-order valence-electron chi connectivity index (χ0n) is 18.3. The molecule has 1 aromatic heterocycles. The number of aromatic amines is 1. The highest BCUT2D eigenvalue weighted by atomic mass is 16.2. The van der Waals surface area contributed by atoms with Gasteiger partial charge in [-0.25, -0.2) is 9.78 Å². The van der Waals surface area contributed by atoms with Gasteiger partial charge in [-0.2, -0.15) is 5.10 Å². The van der Waals surface area contributed by atoms with Crippen LogP contribution in [0.2, 0.25) is 0 Å². The number of carbonyl (C=O) groups excluding carboxylic acids is 3. The lowest BCUT2D eigenvalue weighted by Gasteiger charge is -2.43. The molecule has 9 nitrogen and oxygen atoms in total. The van der Waals surface area contributed by atoms with Crippen molar-refractivity contribution >= 4 is 23.5 Å². The van der Waals surface area contributed by atoms with Crippen molar-refractivity contribution in [2.75, 3.05) is 11.9 Å². The Labute approximate surface area is 181 Å². The average Bonchev–Trinajstić information content (AvgIpc) is 3.18. The number of rotatable bonds is 4. The number of amides is 4. The van der Waals surface area contributed by atoms with E-state index in [0.717, 1.165) is 16.9 Å². The lowest BCUT2D eigenvalue weighted by atomic mass is 9.64. The molecule has 1 spiro atoms. The van der Waals surface area contributed by atoms with E-state index in [1.807, 2.05) is 6.07 Å². The number of urea groups is 1. The van der Waals surface area contributed by atoms with Gasteiger partial charge in [-0.3, -0.25) is 19.6 Å². The fourth-order valence-electron chi connectivity index (χ4n) is 5.20. The summed E-state index contributed by atoms with van der Waals surface area (Å²) < 4.78 is 0. The molecule has 1 aliphatic carbocycles. The number of carbonyl (C=O) groups is 3. The Kier molecular flexibility index (Phi) is 5.07. The predicted molar refractivity (Wildman–Crippen MR) is 115 cm³/mol. The minimum atomic E-state index is -0.915. The summed E-state index contributed by atoms with van der Waals surface area (Å²) in [5.41, 5.74) is 0.313. The fraction of sp³-hybridized carbons (Fsp3) is 0.500. The third-order valence-corrected chi connectivity index (χ3v) is 5.93. The number of nitrogens with one attached hydrogen (secondary N) is 3. The number of nitrogens with zero attached hydrogens (tertiary/aromatic N) is 3. The number of aromatic nitrogens is 3. The Hall–Kier alpha value is -3.23. The van der Waals surface area contributed by atoms with Crippen molar-refractivity contribution in [3.63, 3.8) is 0 Å². The van der Waals surface area contributed by atoms with Gasteiger partial charge in [-0.15, -0.1) is 0 Å². The zero-order valence-corrected chi connectivity index (χ0v) is 18.3. The molecule has 164 valence electrons. The van der Waals surface area contributed by atoms with Crippen LogP contribution < -0.4 is 10.6 Å². The first-order chi connectivity index (χ1) is 14.6. The summed E-state index contributed by atoms with van der Waals surface area (Å²) in [7, 11) is 0. The molecule has 1 aliphatic heterocycles. The van der Waals surface area contributed by atoms with Crippen molar-refractivity contribution in [2.24, 2.45) is 11.3 Å². The molecule has 4 rings (SSSR count). The SMILES string of the molecule is Cc1nc(-c2cccc(NC(=O)CN3C(=O)N[C@]4(C[C@@H](C)CC(C)(C)C4)C3=O)c2)n[nH]1. The molecule has 2 aromatic rings. The first kappa shape index (κ1) is 21.0. The van der Waals surface area contributed by atoms with Gasteiger partial charge in [0.15, 0.2) is 5.82 Å². The van der Waals surface area contributed by atoms with Gasteiger partial charge in [-0.05, 0) is 49.7 Å². The summed E-state index contributed by atoms with van der Waals surface area (Å²) in [5.74, 6) is 0.781. The van der Waals surface area contributed by atoms with Crippen LogP contribution in [-0.4, -0.2) is 50.0 Å². The highest BCUT2D eigenvalue weighted by Crippen LogP contribution is 2.46. The second-order valence-electron chi connectivity index (χ2n) is 9.63. The van der Waals surface area contributed by atoms with E-state index < -0.39 is 17.5 Å². The van der Waals surface area contributed by atoms with Crippen molar-refractivity contribution in [3.05, 3.63) is 30.1 Å². The van der Waals surface area contributed by atoms with Crippen LogP contribution >= 0.6 is 0 Å². The predicted octanol–water partition coefficient (Wildman–Crippen LogP) is 2.86. The minimum absolute atomic E-state index is 0.0576. The third-order valence-electron chi connectivity index (χ3n) is 5.93. The Morgan fingerprint density at radius 1 is 1.29 bits per heavy atom. The lowest BCUT2D eigenvalue weighted by molar-refractivity contribution is -0.136. The normalized spacial score (nSPS) is 25.0. The number of imide groups is 1. The summed E-state index contributed by atoms with van der Waals surface area (Å²) >= 11 is 0. The maximum absolute atomic E-state index is 13.2. The van der Waals surface area contributed by atoms with E-state index in [9.17, 15) is 14.4 Å². The zero-order chi connectivity index (χ0) is 22.4. The maximum Gasteiger partial charge on any atom is 0.325 e. The second kappa shape index (κ2) is 7.47. The second-order valence-corrected chi connectivity index (χ2v) is 9.63. The van der Waals surface area contributed by atoms with Crippen LogP contribution in [-0.2, 0) is 9.59 Å². The molecule has 0 unspecified atom stereocenters. The molecule has 2 aliphatic rings. The number of hydrogen-bond acceptors (Lipinski definition) is 5. The van der Waals surface area contributed by atoms with Gasteiger partial charge in [0.2, 0.25) is 5.91 Å². The van der Waals surface area contributed by atoms with Gasteiger partial charge in [0.25, 0.3) is 5.91 Å². The van der Waals surface area contributed by atoms with E-state index in [4.69, 9.17) is 0 Å². The molecule has 2 heterocycles. The van der Waals surface area contributed by atoms with E-state index in [-0.39, 0.29) is 17.9 Å². The molecule has 2 atom stereocenters. The first-order valence-electron chi connectivity index (χ1n) is 10.5. The number of H-pyrrole nitrogens is 1. The molecule has 4 amide bonds. The third kappa shape index (κ3) is 4.17. The van der Waals surface area contributed by atoms with Crippen LogP contribution in [0, 0.1) is 18.3 Å². The Morgan fingerprint density at radius 2 is 2.06 bits per heavy atom. The Bertz CT molecular complexity index is 1050. The van der Waals surface area contributed by atoms with Gasteiger partial charge in [-0.1, -0.05) is 32.9 Å². The van der Waals surface area contributed by atoms with E-state index >= 15 is 0 Å². The largest absolute Gasteiger partial charge is 0.325 e. The first-order valence-corrected chi connectivity index (χ1v) is 10.5. The Morgan fingerprint density at radius 3 is 2.74 bits per heavy atom. The Balaban J connectivity index is 1.46. The molecule has 0 bridgehead atoms. The molecule has 0 radical (unpaired) electrons. The van der Waals surface area contributed by atoms with Gasteiger partial charge < -0.3 is 10.6 Å². The maximum atomic E-state index is 13.2. The molecule has 9 heteroatoms. The molecule has 2 fully saturated rings. The molecule has 1 saturated heterocycles. The van der Waals surface area contributed by atoms with E-state index in [2.05, 4.69) is 46.6 Å². The molecule has 3 N–H and O–H groups in total. The summed E-state index contributed by atoms with van der Waals surface area (Å²) in [6.45, 7) is 7.80. The molecular formula is C22H28N6O3. The van der Waals surface area contributed by atoms with Gasteiger partial charge in [0.1, 0.15) is 17.9 Å². The molecular weight excluding hydrogens is 396 g/mol. The number of aryl methyl sites for hydroxylation is 1. The van der Waals surface area contributed by atoms with Gasteiger partial charge in [0.05, 0.1) is 0 Å². The average molecular weight is 425 g/mol. The number of hydrogen-bond donors (Lipinski definition) is 3. The van der Waals surface area contributed by atoms with Crippen molar-refractivity contribution in [1.82, 2.24) is 25.4 Å². The topological polar surface area (TPSA) is 120 Å². The van der Waals surface area contributed by atoms with Crippen molar-refractivity contribution in [1.29, 1.82) is 0 Å². The molecule has 1 saturated carbocycles. The van der Waals surface area contributed by atoms with E-state index in [1.54, 1.807) is 25.1 Å². The smallest absolute Gasteiger partial charge is 0.325 e. The van der Waals surface area contributed by atoms with Crippen LogP contribution in [0.25, 0.3) is 11.4 Å². The highest BCUT2D eigenvalue weighted by molar-refractivity contribution is 6.10. The van der Waals surface area contributed by atoms with Crippen LogP contribution in [0.15, 0.2) is 24.3 Å². The van der Waals surface area contributed by atoms with Gasteiger partial charge in [0, 0.05) is 11.3 Å². The minimum Gasteiger partial charge on any atom is -0.325 e. The van der Waals surface area contributed by atoms with Crippen LogP contribution in [0.5, 0.6) is 0 Å². The standard InChI is InChI=1S/C22H28N6O3/c1-13-9-21(3,4)12-22(10-13)19(30)28(20(31)25-22)11-17(29)24-16-7-5-6-15(8-16)18-23-14(2)26-27-18/h5-8,13H,9-12H2,1-4H3,(H,24,29)(H,25,31)(H,23,26,27)/t13-,22-/m0/s1. The van der Waals surface area contributed by atoms with Crippen LogP contribution in [0.4, 0.5) is 10.5 Å². The molecule has 31 heavy (non-hydrogen) atoms. The lowest BCUT2D eigenvalue weighted by Crippen LogP contribution is -2.54. The van der Waals surface area contributed by atoms with Crippen LogP contribution in [0.3, 0.4) is 0 Å². The number of benzene rings is 1. The van der Waals surface area contributed by atoms with E-state index in [1.165, 1.54) is 0 Å². The van der Waals surface area contributed by atoms with Crippen molar-refractivity contribution < 1.29 is 14.4 Å². The van der Waals surface area contributed by atoms with E-state index in [0.29, 0.717) is 36.1 Å². The highest BCUT2D eigenvalue weighted by Gasteiger charge is 2.56. The molecule has 1 aromatic carbocycles. The van der Waals surface area contributed by atoms with Gasteiger partial charge >= 0.3 is 6.03 Å². The quantitative estimate of drug-likeness (QED) is 0.652.